The van der Waals surface area contributed by atoms with Crippen molar-refractivity contribution >= 4 is 0 Å². The number of aryl methyl sites for hydroxylation is 1. The number of hydrogen-bond acceptors (Lipinski definition) is 4. The summed E-state index contributed by atoms with van der Waals surface area (Å²) in [4.78, 5) is 0. The second kappa shape index (κ2) is 4.52. The lowest BCUT2D eigenvalue weighted by atomic mass is 10.1. The highest BCUT2D eigenvalue weighted by atomic mass is 16.5. The number of aromatic nitrogens is 3. The molecule has 1 aliphatic rings. The van der Waals surface area contributed by atoms with E-state index in [1.165, 1.54) is 6.42 Å². The van der Waals surface area contributed by atoms with Crippen LogP contribution in [-0.2, 0) is 18.4 Å². The lowest BCUT2D eigenvalue weighted by Gasteiger charge is -2.22. The van der Waals surface area contributed by atoms with Gasteiger partial charge < -0.3 is 10.1 Å². The Morgan fingerprint density at radius 2 is 2.64 bits per heavy atom. The highest BCUT2D eigenvalue weighted by Crippen LogP contribution is 2.08. The van der Waals surface area contributed by atoms with E-state index in [9.17, 15) is 0 Å². The van der Waals surface area contributed by atoms with Crippen LogP contribution in [-0.4, -0.2) is 34.2 Å². The molecule has 0 saturated carbocycles. The van der Waals surface area contributed by atoms with Gasteiger partial charge in [0.1, 0.15) is 5.69 Å². The van der Waals surface area contributed by atoms with Crippen LogP contribution in [0.15, 0.2) is 6.20 Å². The molecule has 0 aromatic carbocycles. The van der Waals surface area contributed by atoms with Crippen LogP contribution in [0.2, 0.25) is 0 Å². The lowest BCUT2D eigenvalue weighted by Crippen LogP contribution is -2.35. The lowest BCUT2D eigenvalue weighted by molar-refractivity contribution is 0.0236. The predicted octanol–water partition coefficient (Wildman–Crippen LogP) is 0.0837. The van der Waals surface area contributed by atoms with E-state index in [-0.39, 0.29) is 0 Å². The average molecular weight is 196 g/mol. The van der Waals surface area contributed by atoms with Gasteiger partial charge in [0.25, 0.3) is 0 Å². The van der Waals surface area contributed by atoms with Crippen LogP contribution in [0.1, 0.15) is 18.5 Å². The highest BCUT2D eigenvalue weighted by Gasteiger charge is 2.13. The second-order valence-electron chi connectivity index (χ2n) is 3.66. The van der Waals surface area contributed by atoms with Crippen molar-refractivity contribution in [2.75, 3.05) is 13.1 Å². The largest absolute Gasteiger partial charge is 0.370 e. The number of nitrogens with one attached hydrogen (secondary N) is 1. The monoisotopic (exact) mass is 196 g/mol. The van der Waals surface area contributed by atoms with Crippen LogP contribution >= 0.6 is 0 Å². The maximum atomic E-state index is 5.70. The molecule has 1 aromatic rings. The Hall–Kier alpha value is -0.940. The van der Waals surface area contributed by atoms with Crippen molar-refractivity contribution in [2.45, 2.75) is 25.6 Å². The van der Waals surface area contributed by atoms with Gasteiger partial charge in [-0.2, -0.15) is 0 Å². The van der Waals surface area contributed by atoms with Gasteiger partial charge in [-0.25, -0.2) is 0 Å². The zero-order valence-corrected chi connectivity index (χ0v) is 8.44. The second-order valence-corrected chi connectivity index (χ2v) is 3.66. The van der Waals surface area contributed by atoms with E-state index < -0.39 is 0 Å². The fraction of sp³-hybridized carbons (Fsp3) is 0.778. The molecule has 1 fully saturated rings. The quantitative estimate of drug-likeness (QED) is 0.744. The molecular formula is C9H16N4O. The molecule has 2 rings (SSSR count). The average Bonchev–Trinajstić information content (AvgIpc) is 2.63. The van der Waals surface area contributed by atoms with Crippen molar-refractivity contribution in [3.8, 4) is 0 Å². The Balaban J connectivity index is 1.76. The smallest absolute Gasteiger partial charge is 0.108 e. The van der Waals surface area contributed by atoms with Crippen molar-refractivity contribution in [3.63, 3.8) is 0 Å². The van der Waals surface area contributed by atoms with E-state index in [0.29, 0.717) is 12.7 Å². The third-order valence-corrected chi connectivity index (χ3v) is 2.37. The minimum Gasteiger partial charge on any atom is -0.370 e. The molecule has 0 aliphatic carbocycles. The molecule has 5 heteroatoms. The van der Waals surface area contributed by atoms with Gasteiger partial charge in [-0.05, 0) is 19.4 Å². The molecule has 0 radical (unpaired) electrons. The number of rotatable bonds is 3. The van der Waals surface area contributed by atoms with Crippen molar-refractivity contribution in [1.82, 2.24) is 20.3 Å². The van der Waals surface area contributed by atoms with Crippen molar-refractivity contribution in [3.05, 3.63) is 11.9 Å². The molecule has 0 bridgehead atoms. The summed E-state index contributed by atoms with van der Waals surface area (Å²) < 4.78 is 7.40. The first-order valence-corrected chi connectivity index (χ1v) is 5.02. The van der Waals surface area contributed by atoms with E-state index in [1.807, 2.05) is 13.2 Å². The van der Waals surface area contributed by atoms with Gasteiger partial charge >= 0.3 is 0 Å². The molecule has 1 aromatic heterocycles. The van der Waals surface area contributed by atoms with Gasteiger partial charge in [0.2, 0.25) is 0 Å². The fourth-order valence-corrected chi connectivity index (χ4v) is 1.63. The van der Waals surface area contributed by atoms with Gasteiger partial charge in [-0.15, -0.1) is 5.10 Å². The summed E-state index contributed by atoms with van der Waals surface area (Å²) in [5, 5.41) is 11.1. The third-order valence-electron chi connectivity index (χ3n) is 2.37. The van der Waals surface area contributed by atoms with E-state index in [1.54, 1.807) is 4.68 Å². The summed E-state index contributed by atoms with van der Waals surface area (Å²) in [6, 6.07) is 0. The number of ether oxygens (including phenoxy) is 1. The molecule has 2 heterocycles. The van der Waals surface area contributed by atoms with E-state index in [0.717, 1.165) is 25.2 Å². The molecule has 1 atom stereocenters. The van der Waals surface area contributed by atoms with Crippen LogP contribution in [0.4, 0.5) is 0 Å². The van der Waals surface area contributed by atoms with Gasteiger partial charge in [-0.1, -0.05) is 5.21 Å². The van der Waals surface area contributed by atoms with Crippen LogP contribution < -0.4 is 5.32 Å². The van der Waals surface area contributed by atoms with Crippen molar-refractivity contribution < 1.29 is 4.74 Å². The first-order valence-electron chi connectivity index (χ1n) is 5.02. The minimum atomic E-state index is 0.339. The van der Waals surface area contributed by atoms with E-state index >= 15 is 0 Å². The summed E-state index contributed by atoms with van der Waals surface area (Å²) in [7, 11) is 1.86. The predicted molar refractivity (Wildman–Crippen MR) is 51.7 cm³/mol. The Labute approximate surface area is 83.4 Å². The zero-order valence-electron chi connectivity index (χ0n) is 8.44. The molecule has 0 amide bonds. The number of hydrogen-bond donors (Lipinski definition) is 1. The first kappa shape index (κ1) is 9.61. The molecule has 78 valence electrons. The van der Waals surface area contributed by atoms with E-state index in [2.05, 4.69) is 15.6 Å². The number of piperidine rings is 1. The standard InChI is InChI=1S/C9H16N4O/c1-13-6-8(11-12-13)7-14-9-3-2-4-10-5-9/h6,9-10H,2-5,7H2,1H3. The molecule has 1 N–H and O–H groups in total. The maximum absolute atomic E-state index is 5.70. The van der Waals surface area contributed by atoms with Gasteiger partial charge in [0, 0.05) is 13.6 Å². The summed E-state index contributed by atoms with van der Waals surface area (Å²) in [6.45, 7) is 2.64. The fourth-order valence-electron chi connectivity index (χ4n) is 1.63. The maximum Gasteiger partial charge on any atom is 0.108 e. The topological polar surface area (TPSA) is 52.0 Å². The molecule has 14 heavy (non-hydrogen) atoms. The molecular weight excluding hydrogens is 180 g/mol. The van der Waals surface area contributed by atoms with Crippen LogP contribution in [0.5, 0.6) is 0 Å². The van der Waals surface area contributed by atoms with Gasteiger partial charge in [-0.3, -0.25) is 4.68 Å². The zero-order chi connectivity index (χ0) is 9.80. The molecule has 1 aliphatic heterocycles. The van der Waals surface area contributed by atoms with Crippen molar-refractivity contribution in [1.29, 1.82) is 0 Å². The molecule has 5 nitrogen and oxygen atoms in total. The Kier molecular flexibility index (Phi) is 3.10. The van der Waals surface area contributed by atoms with Crippen LogP contribution in [0, 0.1) is 0 Å². The normalized spacial score (nSPS) is 22.5. The van der Waals surface area contributed by atoms with Crippen LogP contribution in [0.3, 0.4) is 0 Å². The Bertz CT molecular complexity index is 280. The third kappa shape index (κ3) is 2.52. The van der Waals surface area contributed by atoms with Crippen molar-refractivity contribution in [2.24, 2.45) is 7.05 Å². The summed E-state index contributed by atoms with van der Waals surface area (Å²) in [6.07, 6.45) is 4.57. The number of nitrogens with zero attached hydrogens (tertiary/aromatic N) is 3. The van der Waals surface area contributed by atoms with Crippen LogP contribution in [0.25, 0.3) is 0 Å². The molecule has 1 saturated heterocycles. The molecule has 1 unspecified atom stereocenters. The Morgan fingerprint density at radius 3 is 3.29 bits per heavy atom. The summed E-state index contributed by atoms with van der Waals surface area (Å²) in [5.41, 5.74) is 0.901. The van der Waals surface area contributed by atoms with Gasteiger partial charge in [0.15, 0.2) is 0 Å². The van der Waals surface area contributed by atoms with Gasteiger partial charge in [0.05, 0.1) is 18.9 Å². The first-order chi connectivity index (χ1) is 6.84. The minimum absolute atomic E-state index is 0.339. The molecule has 0 spiro atoms. The summed E-state index contributed by atoms with van der Waals surface area (Å²) >= 11 is 0. The highest BCUT2D eigenvalue weighted by molar-refractivity contribution is 4.89. The Morgan fingerprint density at radius 1 is 1.71 bits per heavy atom. The summed E-state index contributed by atoms with van der Waals surface area (Å²) in [5.74, 6) is 0. The van der Waals surface area contributed by atoms with E-state index in [4.69, 9.17) is 4.74 Å². The SMILES string of the molecule is Cn1cc(COC2CCCNC2)nn1.